The molecular weight excluding hydrogens is 302 g/mol. The minimum atomic E-state index is 0.205. The molecule has 0 saturated heterocycles. The van der Waals surface area contributed by atoms with Crippen molar-refractivity contribution in [2.45, 2.75) is 31.7 Å². The van der Waals surface area contributed by atoms with Gasteiger partial charge in [0.15, 0.2) is 0 Å². The molecule has 2 saturated carbocycles. The van der Waals surface area contributed by atoms with E-state index in [9.17, 15) is 4.79 Å². The van der Waals surface area contributed by atoms with Crippen molar-refractivity contribution in [3.05, 3.63) is 35.9 Å². The fourth-order valence-corrected chi connectivity index (χ4v) is 3.94. The van der Waals surface area contributed by atoms with Crippen molar-refractivity contribution in [3.63, 3.8) is 0 Å². The Labute approximate surface area is 123 Å². The van der Waals surface area contributed by atoms with Crippen LogP contribution in [-0.4, -0.2) is 17.3 Å². The molecule has 3 heteroatoms. The van der Waals surface area contributed by atoms with E-state index in [1.54, 1.807) is 0 Å². The number of nitrogens with one attached hydrogen (secondary N) is 1. The third kappa shape index (κ3) is 2.86. The summed E-state index contributed by atoms with van der Waals surface area (Å²) < 4.78 is 0. The van der Waals surface area contributed by atoms with E-state index in [0.29, 0.717) is 17.8 Å². The molecule has 1 aromatic rings. The van der Waals surface area contributed by atoms with E-state index in [1.807, 2.05) is 18.2 Å². The lowest BCUT2D eigenvalue weighted by Crippen LogP contribution is -2.39. The highest BCUT2D eigenvalue weighted by atomic mass is 79.9. The zero-order valence-corrected chi connectivity index (χ0v) is 12.6. The van der Waals surface area contributed by atoms with Gasteiger partial charge in [-0.2, -0.15) is 0 Å². The molecule has 0 spiro atoms. The average molecular weight is 322 g/mol. The van der Waals surface area contributed by atoms with Crippen LogP contribution in [0.1, 0.15) is 24.8 Å². The SMILES string of the molecule is O=C(NC(CBr)Cc1ccccc1)C1C2CCCC21. The summed E-state index contributed by atoms with van der Waals surface area (Å²) in [6, 6.07) is 10.6. The van der Waals surface area contributed by atoms with Crippen LogP contribution in [0, 0.1) is 17.8 Å². The van der Waals surface area contributed by atoms with Crippen LogP contribution in [0.15, 0.2) is 30.3 Å². The second-order valence-corrected chi connectivity index (χ2v) is 6.48. The molecule has 102 valence electrons. The topological polar surface area (TPSA) is 29.1 Å². The summed E-state index contributed by atoms with van der Waals surface area (Å²) in [6.07, 6.45) is 4.76. The lowest BCUT2D eigenvalue weighted by Gasteiger charge is -2.17. The van der Waals surface area contributed by atoms with Gasteiger partial charge in [-0.05, 0) is 36.7 Å². The lowest BCUT2D eigenvalue weighted by atomic mass is 10.1. The van der Waals surface area contributed by atoms with Crippen LogP contribution in [0.4, 0.5) is 0 Å². The maximum absolute atomic E-state index is 12.2. The maximum atomic E-state index is 12.2. The third-order valence-corrected chi connectivity index (χ3v) is 5.35. The molecule has 1 amide bonds. The molecule has 0 aromatic heterocycles. The van der Waals surface area contributed by atoms with Crippen molar-refractivity contribution >= 4 is 21.8 Å². The highest BCUT2D eigenvalue weighted by molar-refractivity contribution is 9.09. The Morgan fingerprint density at radius 3 is 2.58 bits per heavy atom. The fraction of sp³-hybridized carbons (Fsp3) is 0.562. The summed E-state index contributed by atoms with van der Waals surface area (Å²) in [5, 5.41) is 4.04. The van der Waals surface area contributed by atoms with Crippen LogP contribution in [0.25, 0.3) is 0 Å². The first-order chi connectivity index (χ1) is 9.29. The number of hydrogen-bond donors (Lipinski definition) is 1. The molecule has 3 unspecified atom stereocenters. The molecule has 2 aliphatic carbocycles. The summed E-state index contributed by atoms with van der Waals surface area (Å²) in [7, 11) is 0. The standard InChI is InChI=1S/C16H20BrNO/c17-10-12(9-11-5-2-1-3-6-11)18-16(19)15-13-7-4-8-14(13)15/h1-3,5-6,12-15H,4,7-10H2,(H,18,19). The van der Waals surface area contributed by atoms with Gasteiger partial charge in [-0.1, -0.05) is 52.7 Å². The monoisotopic (exact) mass is 321 g/mol. The summed E-state index contributed by atoms with van der Waals surface area (Å²) in [5.74, 6) is 2.02. The molecule has 0 radical (unpaired) electrons. The first-order valence-electron chi connectivity index (χ1n) is 7.20. The quantitative estimate of drug-likeness (QED) is 0.829. The number of alkyl halides is 1. The number of amides is 1. The molecule has 2 aliphatic rings. The molecule has 0 aliphatic heterocycles. The van der Waals surface area contributed by atoms with Gasteiger partial charge in [0, 0.05) is 17.3 Å². The predicted molar refractivity (Wildman–Crippen MR) is 80.2 cm³/mol. The van der Waals surface area contributed by atoms with Gasteiger partial charge in [-0.15, -0.1) is 0 Å². The fourth-order valence-electron chi connectivity index (χ4n) is 3.55. The summed E-state index contributed by atoms with van der Waals surface area (Å²) >= 11 is 3.52. The molecular formula is C16H20BrNO. The van der Waals surface area contributed by atoms with E-state index in [4.69, 9.17) is 0 Å². The van der Waals surface area contributed by atoms with Gasteiger partial charge in [-0.25, -0.2) is 0 Å². The number of rotatable bonds is 5. The van der Waals surface area contributed by atoms with Crippen LogP contribution in [0.5, 0.6) is 0 Å². The number of benzene rings is 1. The third-order valence-electron chi connectivity index (χ3n) is 4.57. The second-order valence-electron chi connectivity index (χ2n) is 5.83. The Balaban J connectivity index is 1.54. The van der Waals surface area contributed by atoms with Crippen LogP contribution < -0.4 is 5.32 Å². The molecule has 1 N–H and O–H groups in total. The number of fused-ring (bicyclic) bond motifs is 1. The predicted octanol–water partition coefficient (Wildman–Crippen LogP) is 3.15. The van der Waals surface area contributed by atoms with Crippen molar-refractivity contribution in [3.8, 4) is 0 Å². The van der Waals surface area contributed by atoms with Gasteiger partial charge in [0.2, 0.25) is 5.91 Å². The zero-order valence-electron chi connectivity index (χ0n) is 11.0. The Morgan fingerprint density at radius 1 is 1.26 bits per heavy atom. The van der Waals surface area contributed by atoms with Crippen molar-refractivity contribution in [1.82, 2.24) is 5.32 Å². The molecule has 3 atom stereocenters. The van der Waals surface area contributed by atoms with Gasteiger partial charge in [-0.3, -0.25) is 4.79 Å². The van der Waals surface area contributed by atoms with E-state index in [2.05, 4.69) is 33.4 Å². The van der Waals surface area contributed by atoms with Crippen LogP contribution in [0.2, 0.25) is 0 Å². The first kappa shape index (κ1) is 13.2. The number of carbonyl (C=O) groups excluding carboxylic acids is 1. The second kappa shape index (κ2) is 5.66. The molecule has 1 aromatic carbocycles. The number of halogens is 1. The Kier molecular flexibility index (Phi) is 3.92. The average Bonchev–Trinajstić information content (AvgIpc) is 2.93. The Bertz CT molecular complexity index is 437. The maximum Gasteiger partial charge on any atom is 0.223 e. The Morgan fingerprint density at radius 2 is 1.95 bits per heavy atom. The van der Waals surface area contributed by atoms with Gasteiger partial charge in [0.25, 0.3) is 0 Å². The molecule has 2 nitrogen and oxygen atoms in total. The van der Waals surface area contributed by atoms with E-state index < -0.39 is 0 Å². The van der Waals surface area contributed by atoms with Crippen molar-refractivity contribution in [2.75, 3.05) is 5.33 Å². The normalized spacial score (nSPS) is 29.6. The smallest absolute Gasteiger partial charge is 0.223 e. The van der Waals surface area contributed by atoms with Crippen LogP contribution in [0.3, 0.4) is 0 Å². The van der Waals surface area contributed by atoms with E-state index in [0.717, 1.165) is 11.8 Å². The van der Waals surface area contributed by atoms with Crippen LogP contribution >= 0.6 is 15.9 Å². The van der Waals surface area contributed by atoms with Gasteiger partial charge < -0.3 is 5.32 Å². The molecule has 19 heavy (non-hydrogen) atoms. The summed E-state index contributed by atoms with van der Waals surface area (Å²) in [4.78, 5) is 12.2. The van der Waals surface area contributed by atoms with Gasteiger partial charge >= 0.3 is 0 Å². The van der Waals surface area contributed by atoms with E-state index in [-0.39, 0.29) is 11.9 Å². The minimum Gasteiger partial charge on any atom is -0.352 e. The first-order valence-corrected chi connectivity index (χ1v) is 8.32. The lowest BCUT2D eigenvalue weighted by molar-refractivity contribution is -0.123. The van der Waals surface area contributed by atoms with E-state index >= 15 is 0 Å². The summed E-state index contributed by atoms with van der Waals surface area (Å²) in [5.41, 5.74) is 1.28. The number of carbonyl (C=O) groups is 1. The Hall–Kier alpha value is -0.830. The molecule has 2 fully saturated rings. The molecule has 0 heterocycles. The largest absolute Gasteiger partial charge is 0.352 e. The van der Waals surface area contributed by atoms with Gasteiger partial charge in [0.05, 0.1) is 0 Å². The zero-order chi connectivity index (χ0) is 13.2. The highest BCUT2D eigenvalue weighted by Crippen LogP contribution is 2.57. The number of hydrogen-bond acceptors (Lipinski definition) is 1. The van der Waals surface area contributed by atoms with Crippen molar-refractivity contribution < 1.29 is 4.79 Å². The van der Waals surface area contributed by atoms with Crippen LogP contribution in [-0.2, 0) is 11.2 Å². The minimum absolute atomic E-state index is 0.205. The van der Waals surface area contributed by atoms with Gasteiger partial charge in [0.1, 0.15) is 0 Å². The van der Waals surface area contributed by atoms with Crippen molar-refractivity contribution in [2.24, 2.45) is 17.8 Å². The van der Waals surface area contributed by atoms with E-state index in [1.165, 1.54) is 24.8 Å². The molecule has 0 bridgehead atoms. The molecule has 3 rings (SSSR count). The highest BCUT2D eigenvalue weighted by Gasteiger charge is 2.56. The van der Waals surface area contributed by atoms with Crippen molar-refractivity contribution in [1.29, 1.82) is 0 Å². The summed E-state index contributed by atoms with van der Waals surface area (Å²) in [6.45, 7) is 0.